The third-order valence-electron chi connectivity index (χ3n) is 6.14. The van der Waals surface area contributed by atoms with Crippen molar-refractivity contribution in [1.29, 1.82) is 0 Å². The van der Waals surface area contributed by atoms with Gasteiger partial charge in [0.15, 0.2) is 11.5 Å². The van der Waals surface area contributed by atoms with E-state index in [0.717, 1.165) is 11.1 Å². The summed E-state index contributed by atoms with van der Waals surface area (Å²) >= 11 is 0. The number of amides is 1. The van der Waals surface area contributed by atoms with E-state index in [-0.39, 0.29) is 18.1 Å². The highest BCUT2D eigenvalue weighted by atomic mass is 16.6. The zero-order chi connectivity index (χ0) is 26.5. The zero-order valence-electron chi connectivity index (χ0n) is 21.1. The molecule has 0 aromatic heterocycles. The van der Waals surface area contributed by atoms with Gasteiger partial charge in [0.05, 0.1) is 38.5 Å². The van der Waals surface area contributed by atoms with E-state index in [2.05, 4.69) is 5.10 Å². The number of carbonyl (C=O) groups is 1. The van der Waals surface area contributed by atoms with Gasteiger partial charge < -0.3 is 14.2 Å². The molecule has 10 nitrogen and oxygen atoms in total. The lowest BCUT2D eigenvalue weighted by atomic mass is 10.1. The lowest BCUT2D eigenvalue weighted by Gasteiger charge is -2.29. The average Bonchev–Trinajstić information content (AvgIpc) is 3.22. The quantitative estimate of drug-likeness (QED) is 0.242. The minimum atomic E-state index is -0.561. The first-order valence-electron chi connectivity index (χ1n) is 11.6. The van der Waals surface area contributed by atoms with Crippen LogP contribution in [0.5, 0.6) is 17.2 Å². The summed E-state index contributed by atoms with van der Waals surface area (Å²) in [7, 11) is 4.61. The van der Waals surface area contributed by atoms with Gasteiger partial charge in [0.1, 0.15) is 6.17 Å². The van der Waals surface area contributed by atoms with Gasteiger partial charge in [0, 0.05) is 18.7 Å². The number of methoxy groups -OCH3 is 3. The molecule has 0 radical (unpaired) electrons. The fraction of sp³-hybridized carbons (Fsp3) is 0.259. The van der Waals surface area contributed by atoms with Gasteiger partial charge in [-0.25, -0.2) is 5.01 Å². The number of rotatable bonds is 9. The van der Waals surface area contributed by atoms with Crippen LogP contribution in [0, 0.1) is 10.1 Å². The molecule has 192 valence electrons. The Bertz CT molecular complexity index is 1290. The molecule has 0 spiro atoms. The Morgan fingerprint density at radius 3 is 2.16 bits per heavy atom. The standard InChI is InChI=1S/C27H28N4O6/c1-18(20-10-12-22(13-11-20)31(33)34)28-30-25(32)17-29(16-19-8-6-5-7-9-19)27(30)21-14-23(35-2)26(37-4)24(15-21)36-3/h5-15,27H,16-17H2,1-4H3/b28-18-/t27-/m0/s1. The first-order valence-corrected chi connectivity index (χ1v) is 11.6. The molecule has 10 heteroatoms. The summed E-state index contributed by atoms with van der Waals surface area (Å²) in [5.74, 6) is 1.19. The Morgan fingerprint density at radius 2 is 1.62 bits per heavy atom. The maximum atomic E-state index is 13.3. The Labute approximate surface area is 214 Å². The zero-order valence-corrected chi connectivity index (χ0v) is 21.1. The van der Waals surface area contributed by atoms with E-state index < -0.39 is 11.1 Å². The lowest BCUT2D eigenvalue weighted by Crippen LogP contribution is -2.29. The van der Waals surface area contributed by atoms with Gasteiger partial charge in [-0.3, -0.25) is 19.8 Å². The normalized spacial score (nSPS) is 16.1. The molecule has 0 N–H and O–H groups in total. The van der Waals surface area contributed by atoms with Crippen LogP contribution >= 0.6 is 0 Å². The highest BCUT2D eigenvalue weighted by Crippen LogP contribution is 2.43. The maximum Gasteiger partial charge on any atom is 0.269 e. The van der Waals surface area contributed by atoms with Crippen LogP contribution < -0.4 is 14.2 Å². The van der Waals surface area contributed by atoms with E-state index in [1.807, 2.05) is 47.4 Å². The highest BCUT2D eigenvalue weighted by molar-refractivity contribution is 5.99. The van der Waals surface area contributed by atoms with Crippen molar-refractivity contribution in [3.63, 3.8) is 0 Å². The molecule has 37 heavy (non-hydrogen) atoms. The molecule has 0 bridgehead atoms. The fourth-order valence-corrected chi connectivity index (χ4v) is 4.34. The number of ether oxygens (including phenoxy) is 3. The van der Waals surface area contributed by atoms with Crippen molar-refractivity contribution in [1.82, 2.24) is 9.91 Å². The molecule has 1 fully saturated rings. The average molecular weight is 505 g/mol. The molecular formula is C27H28N4O6. The number of benzene rings is 3. The highest BCUT2D eigenvalue weighted by Gasteiger charge is 2.40. The Hall–Kier alpha value is -4.44. The Balaban J connectivity index is 1.78. The van der Waals surface area contributed by atoms with E-state index in [1.165, 1.54) is 38.5 Å². The van der Waals surface area contributed by atoms with Crippen molar-refractivity contribution in [3.8, 4) is 17.2 Å². The van der Waals surface area contributed by atoms with E-state index in [4.69, 9.17) is 14.2 Å². The molecule has 3 aromatic carbocycles. The molecule has 3 aromatic rings. The summed E-state index contributed by atoms with van der Waals surface area (Å²) in [4.78, 5) is 25.9. The molecule has 1 saturated heterocycles. The number of nitro benzene ring substituents is 1. The van der Waals surface area contributed by atoms with Crippen molar-refractivity contribution in [2.75, 3.05) is 27.9 Å². The predicted molar refractivity (Wildman–Crippen MR) is 138 cm³/mol. The number of non-ortho nitro benzene ring substituents is 1. The number of hydrogen-bond acceptors (Lipinski definition) is 8. The number of hydrogen-bond donors (Lipinski definition) is 0. The first kappa shape index (κ1) is 25.6. The second-order valence-electron chi connectivity index (χ2n) is 8.45. The van der Waals surface area contributed by atoms with Crippen molar-refractivity contribution in [3.05, 3.63) is 93.5 Å². The monoisotopic (exact) mass is 504 g/mol. The van der Waals surface area contributed by atoms with Crippen LogP contribution in [0.2, 0.25) is 0 Å². The summed E-state index contributed by atoms with van der Waals surface area (Å²) in [5, 5.41) is 17.2. The second kappa shape index (κ2) is 11.1. The van der Waals surface area contributed by atoms with E-state index >= 15 is 0 Å². The minimum absolute atomic E-state index is 0.0156. The van der Waals surface area contributed by atoms with Gasteiger partial charge in [0.25, 0.3) is 11.6 Å². The summed E-state index contributed by atoms with van der Waals surface area (Å²) in [6.45, 7) is 2.42. The van der Waals surface area contributed by atoms with Crippen molar-refractivity contribution >= 4 is 17.3 Å². The van der Waals surface area contributed by atoms with Crippen LogP contribution in [0.15, 0.2) is 71.8 Å². The van der Waals surface area contributed by atoms with Crippen LogP contribution in [0.3, 0.4) is 0 Å². The van der Waals surface area contributed by atoms with Gasteiger partial charge in [-0.05, 0) is 47.9 Å². The van der Waals surface area contributed by atoms with Gasteiger partial charge >= 0.3 is 0 Å². The van der Waals surface area contributed by atoms with Gasteiger partial charge in [-0.15, -0.1) is 0 Å². The molecule has 0 saturated carbocycles. The van der Waals surface area contributed by atoms with Crippen LogP contribution in [0.25, 0.3) is 0 Å². The summed E-state index contributed by atoms with van der Waals surface area (Å²) in [6, 6.07) is 19.6. The second-order valence-corrected chi connectivity index (χ2v) is 8.45. The van der Waals surface area contributed by atoms with E-state index in [9.17, 15) is 14.9 Å². The van der Waals surface area contributed by atoms with Crippen LogP contribution in [0.1, 0.15) is 29.8 Å². The molecule has 0 aliphatic carbocycles. The fourth-order valence-electron chi connectivity index (χ4n) is 4.34. The van der Waals surface area contributed by atoms with Crippen LogP contribution in [-0.2, 0) is 11.3 Å². The van der Waals surface area contributed by atoms with Gasteiger partial charge in [-0.1, -0.05) is 30.3 Å². The maximum absolute atomic E-state index is 13.3. The Kier molecular flexibility index (Phi) is 7.69. The topological polar surface area (TPSA) is 107 Å². The third-order valence-corrected chi connectivity index (χ3v) is 6.14. The number of carbonyl (C=O) groups excluding carboxylic acids is 1. The largest absolute Gasteiger partial charge is 0.493 e. The minimum Gasteiger partial charge on any atom is -0.493 e. The molecule has 1 atom stereocenters. The number of nitrogens with zero attached hydrogens (tertiary/aromatic N) is 4. The van der Waals surface area contributed by atoms with E-state index in [0.29, 0.717) is 35.1 Å². The van der Waals surface area contributed by atoms with Crippen LogP contribution in [0.4, 0.5) is 5.69 Å². The molecule has 1 heterocycles. The third kappa shape index (κ3) is 5.39. The van der Waals surface area contributed by atoms with Crippen LogP contribution in [-0.4, -0.2) is 54.3 Å². The lowest BCUT2D eigenvalue weighted by molar-refractivity contribution is -0.384. The Morgan fingerprint density at radius 1 is 1.00 bits per heavy atom. The summed E-state index contributed by atoms with van der Waals surface area (Å²) in [6.07, 6.45) is -0.561. The molecule has 4 rings (SSSR count). The van der Waals surface area contributed by atoms with Crippen molar-refractivity contribution in [2.24, 2.45) is 5.10 Å². The summed E-state index contributed by atoms with van der Waals surface area (Å²) < 4.78 is 16.6. The molecule has 1 aliphatic heterocycles. The SMILES string of the molecule is COc1cc([C@H]2N(Cc3ccccc3)CC(=O)N2/N=C(/C)c2ccc([N+](=O)[O-])cc2)cc(OC)c1OC. The van der Waals surface area contributed by atoms with Gasteiger partial charge in [0.2, 0.25) is 5.75 Å². The smallest absolute Gasteiger partial charge is 0.269 e. The van der Waals surface area contributed by atoms with Gasteiger partial charge in [-0.2, -0.15) is 5.10 Å². The van der Waals surface area contributed by atoms with E-state index in [1.54, 1.807) is 19.1 Å². The van der Waals surface area contributed by atoms with Crippen molar-refractivity contribution < 1.29 is 23.9 Å². The molecule has 1 aliphatic rings. The molecular weight excluding hydrogens is 476 g/mol. The first-order chi connectivity index (χ1) is 17.9. The molecule has 0 unspecified atom stereocenters. The number of nitro groups is 1. The number of hydrazone groups is 1. The predicted octanol–water partition coefficient (Wildman–Crippen LogP) is 4.39. The van der Waals surface area contributed by atoms with Crippen molar-refractivity contribution in [2.45, 2.75) is 19.6 Å². The summed E-state index contributed by atoms with van der Waals surface area (Å²) in [5.41, 5.74) is 2.98. The molecule has 1 amide bonds.